The normalized spacial score (nSPS) is 29.5. The highest BCUT2D eigenvalue weighted by atomic mass is 19.1. The summed E-state index contributed by atoms with van der Waals surface area (Å²) in [5, 5.41) is 12.5. The van der Waals surface area contributed by atoms with Gasteiger partial charge < -0.3 is 20.2 Å². The van der Waals surface area contributed by atoms with Crippen molar-refractivity contribution >= 4 is 23.2 Å². The Hall–Kier alpha value is -2.15. The van der Waals surface area contributed by atoms with Crippen molar-refractivity contribution in [1.82, 2.24) is 4.90 Å². The lowest BCUT2D eigenvalue weighted by Crippen LogP contribution is -2.50. The molecule has 2 N–H and O–H groups in total. The minimum absolute atomic E-state index is 0.147. The second kappa shape index (κ2) is 8.53. The van der Waals surface area contributed by atoms with E-state index in [1.165, 1.54) is 6.07 Å². The van der Waals surface area contributed by atoms with E-state index in [4.69, 9.17) is 0 Å². The van der Waals surface area contributed by atoms with Crippen LogP contribution in [0.3, 0.4) is 0 Å². The molecule has 2 heterocycles. The summed E-state index contributed by atoms with van der Waals surface area (Å²) in [5.74, 6) is -0.309. The maximum absolute atomic E-state index is 14.9. The number of rotatable bonds is 4. The molecule has 7 heteroatoms. The molecule has 3 aliphatic rings. The van der Waals surface area contributed by atoms with Crippen molar-refractivity contribution in [3.8, 4) is 0 Å². The molecule has 0 unspecified atom stereocenters. The molecule has 0 aromatic heterocycles. The fraction of sp³-hybridized carbons (Fsp3) is 0.652. The summed E-state index contributed by atoms with van der Waals surface area (Å²) in [5.41, 5.74) is 0.517. The molecule has 1 aromatic carbocycles. The molecule has 164 valence electrons. The van der Waals surface area contributed by atoms with E-state index < -0.39 is 5.41 Å². The molecule has 1 atom stereocenters. The standard InChI is InChI=1S/C23H32FN3O3/c1-2-21(29)25-16-4-9-20(19(24)14-16)26-12-3-10-23(15-26)11-13-27(22(23)30)17-5-7-18(28)8-6-17/h4,9,14,17-18,28H,2-3,5-8,10-13,15H2,1H3,(H,25,29)/t17-,18-,23-/m0/s1. The second-order valence-electron chi connectivity index (χ2n) is 9.08. The zero-order valence-electron chi connectivity index (χ0n) is 17.7. The van der Waals surface area contributed by atoms with E-state index >= 15 is 0 Å². The van der Waals surface area contributed by atoms with E-state index in [-0.39, 0.29) is 29.8 Å². The molecule has 2 amide bonds. The highest BCUT2D eigenvalue weighted by Crippen LogP contribution is 2.43. The lowest BCUT2D eigenvalue weighted by Gasteiger charge is -2.41. The largest absolute Gasteiger partial charge is 0.393 e. The van der Waals surface area contributed by atoms with Crippen molar-refractivity contribution < 1.29 is 19.1 Å². The van der Waals surface area contributed by atoms with Gasteiger partial charge in [0.1, 0.15) is 5.82 Å². The number of nitrogens with one attached hydrogen (secondary N) is 1. The maximum atomic E-state index is 14.9. The fourth-order valence-corrected chi connectivity index (χ4v) is 5.37. The number of amides is 2. The summed E-state index contributed by atoms with van der Waals surface area (Å²) in [4.78, 5) is 29.0. The van der Waals surface area contributed by atoms with Crippen LogP contribution in [0.25, 0.3) is 0 Å². The summed E-state index contributed by atoms with van der Waals surface area (Å²) in [6.07, 6.45) is 5.89. The number of piperidine rings is 1. The molecule has 6 nitrogen and oxygen atoms in total. The highest BCUT2D eigenvalue weighted by Gasteiger charge is 2.50. The Morgan fingerprint density at radius 3 is 2.70 bits per heavy atom. The number of hydrogen-bond donors (Lipinski definition) is 2. The maximum Gasteiger partial charge on any atom is 0.230 e. The van der Waals surface area contributed by atoms with Crippen LogP contribution in [0.1, 0.15) is 58.3 Å². The molecule has 2 aliphatic heterocycles. The zero-order valence-corrected chi connectivity index (χ0v) is 17.7. The first-order valence-corrected chi connectivity index (χ1v) is 11.3. The number of carbonyl (C=O) groups excluding carboxylic acids is 2. The summed E-state index contributed by atoms with van der Waals surface area (Å²) >= 11 is 0. The molecular formula is C23H32FN3O3. The minimum atomic E-state index is -0.435. The molecule has 1 saturated carbocycles. The average Bonchev–Trinajstić information content (AvgIpc) is 3.04. The van der Waals surface area contributed by atoms with Gasteiger partial charge in [0.25, 0.3) is 0 Å². The quantitative estimate of drug-likeness (QED) is 0.789. The van der Waals surface area contributed by atoms with Crippen LogP contribution in [0.5, 0.6) is 0 Å². The second-order valence-corrected chi connectivity index (χ2v) is 9.08. The third-order valence-corrected chi connectivity index (χ3v) is 7.12. The number of anilines is 2. The third kappa shape index (κ3) is 4.04. The van der Waals surface area contributed by atoms with Crippen molar-refractivity contribution in [3.63, 3.8) is 0 Å². The van der Waals surface area contributed by atoms with E-state index in [9.17, 15) is 19.1 Å². The molecular weight excluding hydrogens is 385 g/mol. The Kier molecular flexibility index (Phi) is 6.00. The molecule has 1 aliphatic carbocycles. The summed E-state index contributed by atoms with van der Waals surface area (Å²) < 4.78 is 14.9. The Balaban J connectivity index is 1.47. The molecule has 1 spiro atoms. The predicted molar refractivity (Wildman–Crippen MR) is 114 cm³/mol. The first-order chi connectivity index (χ1) is 14.4. The number of hydrogen-bond acceptors (Lipinski definition) is 4. The minimum Gasteiger partial charge on any atom is -0.393 e. The van der Waals surface area contributed by atoms with E-state index in [1.807, 2.05) is 9.80 Å². The highest BCUT2D eigenvalue weighted by molar-refractivity contribution is 5.90. The van der Waals surface area contributed by atoms with Gasteiger partial charge in [-0.3, -0.25) is 9.59 Å². The Bertz CT molecular complexity index is 809. The van der Waals surface area contributed by atoms with E-state index in [1.54, 1.807) is 19.1 Å². The van der Waals surface area contributed by atoms with Crippen LogP contribution < -0.4 is 10.2 Å². The Morgan fingerprint density at radius 2 is 2.00 bits per heavy atom. The van der Waals surface area contributed by atoms with E-state index in [0.717, 1.165) is 58.0 Å². The molecule has 1 aromatic rings. The number of benzene rings is 1. The van der Waals surface area contributed by atoms with Gasteiger partial charge in [0.05, 0.1) is 17.2 Å². The van der Waals surface area contributed by atoms with Gasteiger partial charge in [-0.05, 0) is 63.1 Å². The van der Waals surface area contributed by atoms with Gasteiger partial charge in [-0.25, -0.2) is 4.39 Å². The van der Waals surface area contributed by atoms with Crippen molar-refractivity contribution in [2.75, 3.05) is 29.9 Å². The number of aliphatic hydroxyl groups excluding tert-OH is 1. The summed E-state index contributed by atoms with van der Waals surface area (Å²) in [7, 11) is 0. The topological polar surface area (TPSA) is 72.9 Å². The molecule has 2 saturated heterocycles. The van der Waals surface area contributed by atoms with Crippen molar-refractivity contribution in [2.24, 2.45) is 5.41 Å². The molecule has 0 radical (unpaired) electrons. The Morgan fingerprint density at radius 1 is 1.23 bits per heavy atom. The van der Waals surface area contributed by atoms with Crippen LogP contribution in [0, 0.1) is 11.2 Å². The molecule has 4 rings (SSSR count). The van der Waals surface area contributed by atoms with Crippen molar-refractivity contribution in [1.29, 1.82) is 0 Å². The van der Waals surface area contributed by atoms with Gasteiger partial charge in [0.2, 0.25) is 11.8 Å². The summed E-state index contributed by atoms with van der Waals surface area (Å²) in [6, 6.07) is 5.03. The van der Waals surface area contributed by atoms with Gasteiger partial charge in [-0.2, -0.15) is 0 Å². The van der Waals surface area contributed by atoms with Gasteiger partial charge in [0.15, 0.2) is 0 Å². The zero-order chi connectivity index (χ0) is 21.3. The lowest BCUT2D eigenvalue weighted by atomic mass is 9.78. The van der Waals surface area contributed by atoms with Crippen LogP contribution in [0.2, 0.25) is 0 Å². The average molecular weight is 418 g/mol. The SMILES string of the molecule is CCC(=O)Nc1ccc(N2CCC[C@]3(CCN([C@H]4CC[C@H](O)CC4)C3=O)C2)c(F)c1. The van der Waals surface area contributed by atoms with Gasteiger partial charge in [-0.1, -0.05) is 6.92 Å². The van der Waals surface area contributed by atoms with Gasteiger partial charge in [0, 0.05) is 37.8 Å². The smallest absolute Gasteiger partial charge is 0.230 e. The number of aliphatic hydroxyl groups is 1. The number of halogens is 1. The van der Waals surface area contributed by atoms with Crippen LogP contribution in [-0.2, 0) is 9.59 Å². The van der Waals surface area contributed by atoms with E-state index in [0.29, 0.717) is 24.3 Å². The lowest BCUT2D eigenvalue weighted by molar-refractivity contribution is -0.139. The molecule has 30 heavy (non-hydrogen) atoms. The third-order valence-electron chi connectivity index (χ3n) is 7.12. The monoisotopic (exact) mass is 417 g/mol. The van der Waals surface area contributed by atoms with Crippen LogP contribution in [0.4, 0.5) is 15.8 Å². The molecule has 3 fully saturated rings. The molecule has 0 bridgehead atoms. The van der Waals surface area contributed by atoms with Gasteiger partial charge in [-0.15, -0.1) is 0 Å². The first kappa shape index (κ1) is 21.1. The van der Waals surface area contributed by atoms with Crippen molar-refractivity contribution in [3.05, 3.63) is 24.0 Å². The van der Waals surface area contributed by atoms with Crippen LogP contribution in [0.15, 0.2) is 18.2 Å². The first-order valence-electron chi connectivity index (χ1n) is 11.3. The van der Waals surface area contributed by atoms with E-state index in [2.05, 4.69) is 5.32 Å². The number of nitrogens with zero attached hydrogens (tertiary/aromatic N) is 2. The van der Waals surface area contributed by atoms with Crippen LogP contribution >= 0.6 is 0 Å². The number of likely N-dealkylation sites (tertiary alicyclic amines) is 1. The predicted octanol–water partition coefficient (Wildman–Crippen LogP) is 3.30. The Labute approximate surface area is 177 Å². The fourth-order valence-electron chi connectivity index (χ4n) is 5.37. The van der Waals surface area contributed by atoms with Gasteiger partial charge >= 0.3 is 0 Å². The summed E-state index contributed by atoms with van der Waals surface area (Å²) in [6.45, 7) is 3.78. The number of carbonyl (C=O) groups is 2. The van der Waals surface area contributed by atoms with Crippen molar-refractivity contribution in [2.45, 2.75) is 70.4 Å². The van der Waals surface area contributed by atoms with Crippen LogP contribution in [-0.4, -0.2) is 53.6 Å².